The monoisotopic (exact) mass is 496 g/mol. The summed E-state index contributed by atoms with van der Waals surface area (Å²) in [6.45, 7) is 6.94. The third-order valence-corrected chi connectivity index (χ3v) is 7.11. The average Bonchev–Trinajstić information content (AvgIpc) is 3.41. The van der Waals surface area contributed by atoms with Gasteiger partial charge in [0, 0.05) is 37.1 Å². The summed E-state index contributed by atoms with van der Waals surface area (Å²) in [5.74, 6) is 0.833. The average molecular weight is 497 g/mol. The second kappa shape index (κ2) is 12.8. The van der Waals surface area contributed by atoms with Crippen molar-refractivity contribution in [1.29, 1.82) is 0 Å². The molecule has 1 aromatic carbocycles. The lowest BCUT2D eigenvalue weighted by Crippen LogP contribution is -2.36. The first-order chi connectivity index (χ1) is 17.2. The molecule has 3 N–H and O–H groups in total. The topological polar surface area (TPSA) is 88.8 Å². The van der Waals surface area contributed by atoms with E-state index < -0.39 is 0 Å². The number of nitrogens with two attached hydrogens (primary N) is 1. The van der Waals surface area contributed by atoms with E-state index in [4.69, 9.17) is 20.2 Å². The number of pyridine rings is 1. The molecule has 0 saturated carbocycles. The molecule has 8 nitrogen and oxygen atoms in total. The van der Waals surface area contributed by atoms with Crippen molar-refractivity contribution in [3.63, 3.8) is 0 Å². The Labute approximate surface area is 212 Å². The molecule has 3 heterocycles. The molecule has 0 amide bonds. The predicted octanol–water partition coefficient (Wildman–Crippen LogP) is 3.80. The smallest absolute Gasteiger partial charge is 0.186 e. The fraction of sp³-hybridized carbons (Fsp3) is 0.462. The molecule has 0 bridgehead atoms. The molecule has 1 fully saturated rings. The number of anilines is 2. The molecule has 188 valence electrons. The second-order valence-corrected chi connectivity index (χ2v) is 9.70. The maximum atomic E-state index is 5.63. The maximum absolute atomic E-state index is 5.63. The lowest BCUT2D eigenvalue weighted by atomic mass is 10.1. The molecule has 9 heteroatoms. The molecule has 1 aliphatic heterocycles. The highest BCUT2D eigenvalue weighted by Crippen LogP contribution is 2.34. The first-order valence-electron chi connectivity index (χ1n) is 12.2. The van der Waals surface area contributed by atoms with E-state index >= 15 is 0 Å². The largest absolute Gasteiger partial charge is 0.497 e. The fourth-order valence-electron chi connectivity index (χ4n) is 4.01. The van der Waals surface area contributed by atoms with Gasteiger partial charge in [-0.2, -0.15) is 0 Å². The molecule has 0 spiro atoms. The van der Waals surface area contributed by atoms with E-state index in [9.17, 15) is 0 Å². The van der Waals surface area contributed by atoms with Crippen molar-refractivity contribution >= 4 is 22.2 Å². The minimum Gasteiger partial charge on any atom is -0.497 e. The van der Waals surface area contributed by atoms with E-state index in [1.807, 2.05) is 30.5 Å². The lowest BCUT2D eigenvalue weighted by molar-refractivity contribution is 0.122. The van der Waals surface area contributed by atoms with Gasteiger partial charge in [0.05, 0.1) is 36.6 Å². The molecule has 1 aliphatic rings. The van der Waals surface area contributed by atoms with Crippen LogP contribution < -0.4 is 20.7 Å². The molecule has 0 atom stereocenters. The van der Waals surface area contributed by atoms with Crippen LogP contribution in [0.15, 0.2) is 42.6 Å². The number of morpholine rings is 1. The molecule has 0 radical (unpaired) electrons. The zero-order valence-electron chi connectivity index (χ0n) is 20.7. The number of benzene rings is 1. The van der Waals surface area contributed by atoms with Crippen LogP contribution in [0.25, 0.3) is 21.8 Å². The Hall–Kier alpha value is -2.72. The predicted molar refractivity (Wildman–Crippen MR) is 145 cm³/mol. The van der Waals surface area contributed by atoms with E-state index in [0.29, 0.717) is 0 Å². The second-order valence-electron chi connectivity index (χ2n) is 8.69. The number of nitrogens with zero attached hydrogens (tertiary/aromatic N) is 4. The molecule has 4 rings (SSSR count). The first-order valence-corrected chi connectivity index (χ1v) is 13.1. The van der Waals surface area contributed by atoms with Crippen molar-refractivity contribution in [1.82, 2.24) is 14.9 Å². The summed E-state index contributed by atoms with van der Waals surface area (Å²) in [6, 6.07) is 12.3. The van der Waals surface area contributed by atoms with E-state index in [1.165, 1.54) is 0 Å². The summed E-state index contributed by atoms with van der Waals surface area (Å²) in [6.07, 6.45) is 4.02. The summed E-state index contributed by atoms with van der Waals surface area (Å²) in [5.41, 5.74) is 9.59. The zero-order chi connectivity index (χ0) is 24.5. The number of aromatic nitrogens is 2. The van der Waals surface area contributed by atoms with Gasteiger partial charge < -0.3 is 30.3 Å². The molecule has 3 aromatic rings. The Morgan fingerprint density at radius 2 is 1.86 bits per heavy atom. The van der Waals surface area contributed by atoms with Crippen LogP contribution in [0.3, 0.4) is 0 Å². The lowest BCUT2D eigenvalue weighted by Gasteiger charge is -2.25. The SMILES string of the molecule is COc1ccc(-c2cc(NCCCN(C)CCCN)cc(-c3cnc(N4CCOCC4)s3)n2)cc1. The van der Waals surface area contributed by atoms with Crippen LogP contribution in [0.2, 0.25) is 0 Å². The van der Waals surface area contributed by atoms with Crippen LogP contribution in [-0.2, 0) is 4.74 Å². The fourth-order valence-corrected chi connectivity index (χ4v) is 4.94. The molecular weight excluding hydrogens is 460 g/mol. The Balaban J connectivity index is 1.52. The van der Waals surface area contributed by atoms with Gasteiger partial charge >= 0.3 is 0 Å². The van der Waals surface area contributed by atoms with Crippen LogP contribution in [0.5, 0.6) is 5.75 Å². The van der Waals surface area contributed by atoms with Crippen molar-refractivity contribution in [3.8, 4) is 27.6 Å². The van der Waals surface area contributed by atoms with E-state index in [-0.39, 0.29) is 0 Å². The third-order valence-electron chi connectivity index (χ3n) is 6.03. The number of ether oxygens (including phenoxy) is 2. The Bertz CT molecular complexity index is 1050. The van der Waals surface area contributed by atoms with Gasteiger partial charge in [0.2, 0.25) is 0 Å². The van der Waals surface area contributed by atoms with Crippen molar-refractivity contribution in [2.45, 2.75) is 12.8 Å². The standard InChI is InChI=1S/C26H36N6O2S/c1-31(11-3-9-27)12-4-10-28-21-17-23(20-5-7-22(33-2)8-6-20)30-24(18-21)25-19-29-26(35-25)32-13-15-34-16-14-32/h5-8,17-19H,3-4,9-16,27H2,1-2H3,(H,28,30). The van der Waals surface area contributed by atoms with Crippen molar-refractivity contribution in [2.24, 2.45) is 5.73 Å². The van der Waals surface area contributed by atoms with Gasteiger partial charge in [-0.25, -0.2) is 9.97 Å². The van der Waals surface area contributed by atoms with Crippen LogP contribution in [0.4, 0.5) is 10.8 Å². The summed E-state index contributed by atoms with van der Waals surface area (Å²) >= 11 is 1.68. The number of hydrogen-bond donors (Lipinski definition) is 2. The number of thiazole rings is 1. The number of methoxy groups -OCH3 is 1. The van der Waals surface area contributed by atoms with Gasteiger partial charge in [-0.15, -0.1) is 0 Å². The van der Waals surface area contributed by atoms with Gasteiger partial charge in [-0.1, -0.05) is 11.3 Å². The summed E-state index contributed by atoms with van der Waals surface area (Å²) < 4.78 is 10.8. The highest BCUT2D eigenvalue weighted by Gasteiger charge is 2.17. The molecule has 2 aromatic heterocycles. The van der Waals surface area contributed by atoms with Crippen LogP contribution in [-0.4, -0.2) is 81.5 Å². The van der Waals surface area contributed by atoms with Crippen molar-refractivity contribution in [2.75, 3.05) is 76.9 Å². The van der Waals surface area contributed by atoms with E-state index in [0.717, 1.165) is 104 Å². The Morgan fingerprint density at radius 3 is 2.60 bits per heavy atom. The zero-order valence-corrected chi connectivity index (χ0v) is 21.5. The molecule has 35 heavy (non-hydrogen) atoms. The van der Waals surface area contributed by atoms with E-state index in [2.05, 4.69) is 39.3 Å². The Kier molecular flexibility index (Phi) is 9.30. The summed E-state index contributed by atoms with van der Waals surface area (Å²) in [4.78, 5) is 15.4. The number of nitrogens with one attached hydrogen (secondary N) is 1. The van der Waals surface area contributed by atoms with E-state index in [1.54, 1.807) is 18.4 Å². The minimum atomic E-state index is 0.737. The normalized spacial score (nSPS) is 13.9. The van der Waals surface area contributed by atoms with Gasteiger partial charge in [0.25, 0.3) is 0 Å². The highest BCUT2D eigenvalue weighted by molar-refractivity contribution is 7.18. The van der Waals surface area contributed by atoms with Gasteiger partial charge in [-0.3, -0.25) is 0 Å². The minimum absolute atomic E-state index is 0.737. The van der Waals surface area contributed by atoms with Crippen LogP contribution in [0.1, 0.15) is 12.8 Å². The molecule has 0 aliphatic carbocycles. The van der Waals surface area contributed by atoms with Gasteiger partial charge in [-0.05, 0) is 75.9 Å². The summed E-state index contributed by atoms with van der Waals surface area (Å²) in [5, 5.41) is 4.63. The summed E-state index contributed by atoms with van der Waals surface area (Å²) in [7, 11) is 3.83. The highest BCUT2D eigenvalue weighted by atomic mass is 32.1. The van der Waals surface area contributed by atoms with Crippen molar-refractivity contribution < 1.29 is 9.47 Å². The first kappa shape index (κ1) is 25.4. The Morgan fingerprint density at radius 1 is 1.11 bits per heavy atom. The number of hydrogen-bond acceptors (Lipinski definition) is 9. The van der Waals surface area contributed by atoms with Gasteiger partial charge in [0.15, 0.2) is 5.13 Å². The quantitative estimate of drug-likeness (QED) is 0.366. The molecule has 1 saturated heterocycles. The molecular formula is C26H36N6O2S. The van der Waals surface area contributed by atoms with Gasteiger partial charge in [0.1, 0.15) is 5.75 Å². The van der Waals surface area contributed by atoms with Crippen molar-refractivity contribution in [3.05, 3.63) is 42.6 Å². The van der Waals surface area contributed by atoms with Crippen LogP contribution >= 0.6 is 11.3 Å². The third kappa shape index (κ3) is 7.14. The van der Waals surface area contributed by atoms with Crippen LogP contribution in [0, 0.1) is 0 Å². The maximum Gasteiger partial charge on any atom is 0.186 e. The number of rotatable bonds is 12. The molecule has 0 unspecified atom stereocenters.